The zero-order valence-corrected chi connectivity index (χ0v) is 16.8. The topological polar surface area (TPSA) is 56.4 Å². The summed E-state index contributed by atoms with van der Waals surface area (Å²) in [5.41, 5.74) is 0.764. The van der Waals surface area contributed by atoms with Crippen molar-refractivity contribution in [2.24, 2.45) is 17.8 Å². The third-order valence-corrected chi connectivity index (χ3v) is 7.93. The van der Waals surface area contributed by atoms with Gasteiger partial charge in [-0.25, -0.2) is 0 Å². The molecule has 3 aliphatic heterocycles. The second-order valence-electron chi connectivity index (χ2n) is 9.63. The van der Waals surface area contributed by atoms with Crippen molar-refractivity contribution in [3.05, 3.63) is 24.0 Å². The zero-order valence-electron chi connectivity index (χ0n) is 16.8. The van der Waals surface area contributed by atoms with Gasteiger partial charge in [0.1, 0.15) is 0 Å². The smallest absolute Gasteiger partial charge is 0.255 e. The molecule has 0 radical (unpaired) electrons. The molecule has 1 aromatic heterocycles. The minimum atomic E-state index is 0.156. The van der Waals surface area contributed by atoms with Gasteiger partial charge < -0.3 is 14.8 Å². The average molecular weight is 384 g/mol. The van der Waals surface area contributed by atoms with Gasteiger partial charge in [-0.05, 0) is 49.5 Å². The summed E-state index contributed by atoms with van der Waals surface area (Å²) in [4.78, 5) is 33.4. The van der Waals surface area contributed by atoms with E-state index in [0.717, 1.165) is 50.3 Å². The van der Waals surface area contributed by atoms with E-state index in [4.69, 9.17) is 0 Å². The van der Waals surface area contributed by atoms with E-state index in [1.165, 1.54) is 38.5 Å². The van der Waals surface area contributed by atoms with Gasteiger partial charge >= 0.3 is 0 Å². The van der Waals surface area contributed by atoms with Gasteiger partial charge in [0.15, 0.2) is 0 Å². The maximum atomic E-state index is 13.0. The molecule has 1 N–H and O–H groups in total. The summed E-state index contributed by atoms with van der Waals surface area (Å²) in [7, 11) is 0. The molecule has 5 rings (SSSR count). The van der Waals surface area contributed by atoms with Crippen LogP contribution in [0.2, 0.25) is 0 Å². The molecule has 1 aliphatic carbocycles. The first kappa shape index (κ1) is 18.3. The standard InChI is InChI=1S/C23H33N3O2/c27-22-8-4-7-20-18-12-19(15-25(14-18)23(28)17-9-10-24-13-17)21(26(20)22)11-16-5-2-1-3-6-16/h9-10,13,16,18-21,24H,1-8,11-12,14-15H2/t18-,19+,20+,21+/m1/s1. The number of nitrogens with one attached hydrogen (secondary N) is 1. The first-order valence-electron chi connectivity index (χ1n) is 11.4. The Bertz CT molecular complexity index is 709. The number of fused-ring (bicyclic) bond motifs is 4. The number of carbonyl (C=O) groups excluding carboxylic acids is 2. The van der Waals surface area contributed by atoms with Gasteiger partial charge in [0.25, 0.3) is 5.91 Å². The fraction of sp³-hybridized carbons (Fsp3) is 0.739. The number of likely N-dealkylation sites (tertiary alicyclic amines) is 1. The molecule has 0 unspecified atom stereocenters. The molecule has 152 valence electrons. The lowest BCUT2D eigenvalue weighted by Gasteiger charge is -2.57. The van der Waals surface area contributed by atoms with Crippen LogP contribution in [0.25, 0.3) is 0 Å². The first-order valence-corrected chi connectivity index (χ1v) is 11.4. The SMILES string of the molecule is O=C(c1cc[nH]c1)N1C[C@H]2C[C@@H](C1)[C@H](CC1CCCCC1)N1C(=O)CCC[C@@H]21. The largest absolute Gasteiger partial charge is 0.367 e. The second-order valence-corrected chi connectivity index (χ2v) is 9.63. The van der Waals surface area contributed by atoms with Crippen molar-refractivity contribution in [1.82, 2.24) is 14.8 Å². The Hall–Kier alpha value is -1.78. The Morgan fingerprint density at radius 2 is 1.89 bits per heavy atom. The van der Waals surface area contributed by atoms with E-state index < -0.39 is 0 Å². The van der Waals surface area contributed by atoms with Gasteiger partial charge in [0, 0.05) is 44.0 Å². The van der Waals surface area contributed by atoms with Crippen LogP contribution in [0.4, 0.5) is 0 Å². The minimum absolute atomic E-state index is 0.156. The summed E-state index contributed by atoms with van der Waals surface area (Å²) in [6.45, 7) is 1.62. The molecule has 5 nitrogen and oxygen atoms in total. The summed E-state index contributed by atoms with van der Waals surface area (Å²) in [5.74, 6) is 2.21. The van der Waals surface area contributed by atoms with Crippen LogP contribution in [0.5, 0.6) is 0 Å². The number of piperidine rings is 3. The number of aromatic amines is 1. The predicted molar refractivity (Wildman–Crippen MR) is 108 cm³/mol. The molecule has 4 heterocycles. The third-order valence-electron chi connectivity index (χ3n) is 7.93. The fourth-order valence-corrected chi connectivity index (χ4v) is 6.65. The Balaban J connectivity index is 1.40. The van der Waals surface area contributed by atoms with Gasteiger partial charge in [-0.15, -0.1) is 0 Å². The van der Waals surface area contributed by atoms with Crippen LogP contribution in [0.15, 0.2) is 18.5 Å². The highest BCUT2D eigenvalue weighted by Crippen LogP contribution is 2.44. The summed E-state index contributed by atoms with van der Waals surface area (Å²) < 4.78 is 0. The molecule has 4 aliphatic rings. The molecule has 4 atom stereocenters. The van der Waals surface area contributed by atoms with Crippen molar-refractivity contribution in [3.63, 3.8) is 0 Å². The maximum absolute atomic E-state index is 13.0. The fourth-order valence-electron chi connectivity index (χ4n) is 6.65. The van der Waals surface area contributed by atoms with E-state index in [1.807, 2.05) is 18.5 Å². The van der Waals surface area contributed by atoms with Crippen LogP contribution >= 0.6 is 0 Å². The summed E-state index contributed by atoms with van der Waals surface area (Å²) in [6.07, 6.45) is 15.6. The molecule has 0 aromatic carbocycles. The quantitative estimate of drug-likeness (QED) is 0.862. The van der Waals surface area contributed by atoms with Crippen molar-refractivity contribution < 1.29 is 9.59 Å². The first-order chi connectivity index (χ1) is 13.7. The number of nitrogens with zero attached hydrogens (tertiary/aromatic N) is 2. The highest BCUT2D eigenvalue weighted by molar-refractivity contribution is 5.94. The zero-order chi connectivity index (χ0) is 19.1. The Morgan fingerprint density at radius 3 is 2.68 bits per heavy atom. The lowest BCUT2D eigenvalue weighted by molar-refractivity contribution is -0.153. The van der Waals surface area contributed by atoms with Crippen molar-refractivity contribution in [2.45, 2.75) is 76.3 Å². The van der Waals surface area contributed by atoms with Gasteiger partial charge in [-0.2, -0.15) is 0 Å². The molecule has 1 saturated carbocycles. The van der Waals surface area contributed by atoms with Crippen molar-refractivity contribution >= 4 is 11.8 Å². The number of aromatic nitrogens is 1. The molecule has 28 heavy (non-hydrogen) atoms. The highest BCUT2D eigenvalue weighted by Gasteiger charge is 2.50. The van der Waals surface area contributed by atoms with Crippen LogP contribution in [0.1, 0.15) is 74.6 Å². The number of hydrogen-bond acceptors (Lipinski definition) is 2. The number of carbonyl (C=O) groups is 2. The Labute approximate surface area is 167 Å². The van der Waals surface area contributed by atoms with E-state index in [9.17, 15) is 9.59 Å². The molecular weight excluding hydrogens is 350 g/mol. The van der Waals surface area contributed by atoms with Crippen LogP contribution in [0, 0.1) is 17.8 Å². The van der Waals surface area contributed by atoms with Crippen molar-refractivity contribution in [1.29, 1.82) is 0 Å². The van der Waals surface area contributed by atoms with Crippen molar-refractivity contribution in [3.8, 4) is 0 Å². The maximum Gasteiger partial charge on any atom is 0.255 e. The van der Waals surface area contributed by atoms with Crippen LogP contribution < -0.4 is 0 Å². The van der Waals surface area contributed by atoms with E-state index >= 15 is 0 Å². The van der Waals surface area contributed by atoms with Crippen molar-refractivity contribution in [2.75, 3.05) is 13.1 Å². The summed E-state index contributed by atoms with van der Waals surface area (Å²) >= 11 is 0. The highest BCUT2D eigenvalue weighted by atomic mass is 16.2. The third kappa shape index (κ3) is 3.27. The molecule has 0 spiro atoms. The molecule has 5 heteroatoms. The predicted octanol–water partition coefficient (Wildman–Crippen LogP) is 3.83. The lowest BCUT2D eigenvalue weighted by atomic mass is 9.69. The minimum Gasteiger partial charge on any atom is -0.367 e. The van der Waals surface area contributed by atoms with E-state index in [-0.39, 0.29) is 5.91 Å². The van der Waals surface area contributed by atoms with E-state index in [0.29, 0.717) is 29.8 Å². The summed E-state index contributed by atoms with van der Waals surface area (Å²) in [5, 5.41) is 0. The molecule has 4 fully saturated rings. The lowest BCUT2D eigenvalue weighted by Crippen LogP contribution is -2.65. The monoisotopic (exact) mass is 383 g/mol. The van der Waals surface area contributed by atoms with Crippen LogP contribution in [-0.4, -0.2) is 51.8 Å². The van der Waals surface area contributed by atoms with Gasteiger partial charge in [-0.1, -0.05) is 32.1 Å². The molecule has 3 saturated heterocycles. The van der Waals surface area contributed by atoms with Gasteiger partial charge in [0.2, 0.25) is 5.91 Å². The van der Waals surface area contributed by atoms with Gasteiger partial charge in [-0.3, -0.25) is 9.59 Å². The molecule has 2 amide bonds. The number of amides is 2. The normalized spacial score (nSPS) is 33.6. The van der Waals surface area contributed by atoms with E-state index in [2.05, 4.69) is 14.8 Å². The summed E-state index contributed by atoms with van der Waals surface area (Å²) in [6, 6.07) is 2.58. The van der Waals surface area contributed by atoms with Crippen LogP contribution in [0.3, 0.4) is 0 Å². The number of H-pyrrole nitrogens is 1. The molecular formula is C23H33N3O2. The average Bonchev–Trinajstić information content (AvgIpc) is 3.26. The molecule has 1 aromatic rings. The molecule has 2 bridgehead atoms. The van der Waals surface area contributed by atoms with E-state index in [1.54, 1.807) is 0 Å². The Morgan fingerprint density at radius 1 is 1.07 bits per heavy atom. The van der Waals surface area contributed by atoms with Crippen LogP contribution in [-0.2, 0) is 4.79 Å². The Kier molecular flexibility index (Phi) is 4.93. The van der Waals surface area contributed by atoms with Gasteiger partial charge in [0.05, 0.1) is 5.56 Å². The number of rotatable bonds is 3. The second kappa shape index (κ2) is 7.57. The number of hydrogen-bond donors (Lipinski definition) is 1.